The Hall–Kier alpha value is -0.960. The van der Waals surface area contributed by atoms with Crippen molar-refractivity contribution in [2.24, 2.45) is 0 Å². The molecule has 1 rings (SSSR count). The van der Waals surface area contributed by atoms with Gasteiger partial charge in [-0.15, -0.1) is 0 Å². The summed E-state index contributed by atoms with van der Waals surface area (Å²) in [7, 11) is 0. The van der Waals surface area contributed by atoms with Gasteiger partial charge in [-0.3, -0.25) is 0 Å². The lowest BCUT2D eigenvalue weighted by Crippen LogP contribution is -2.16. The molecule has 0 spiro atoms. The summed E-state index contributed by atoms with van der Waals surface area (Å²) in [6.45, 7) is 7.96. The van der Waals surface area contributed by atoms with Crippen LogP contribution in [0.3, 0.4) is 0 Å². The van der Waals surface area contributed by atoms with E-state index < -0.39 is 0 Å². The number of phenols is 2. The van der Waals surface area contributed by atoms with Gasteiger partial charge in [-0.1, -0.05) is 35.9 Å². The van der Waals surface area contributed by atoms with Crippen LogP contribution in [0.5, 0.6) is 11.5 Å². The molecule has 0 heterocycles. The number of halogens is 1. The van der Waals surface area contributed by atoms with Crippen molar-refractivity contribution in [1.29, 1.82) is 0 Å². The average molecular weight is 313 g/mol. The molecule has 0 aliphatic rings. The zero-order chi connectivity index (χ0) is 13.9. The third-order valence-corrected chi connectivity index (χ3v) is 3.65. The van der Waals surface area contributed by atoms with E-state index in [9.17, 15) is 10.2 Å². The van der Waals surface area contributed by atoms with Crippen LogP contribution in [0.15, 0.2) is 22.7 Å². The SMILES string of the molecule is C/C(Br)=C\CCC(C)(C)c1cc(O)c(C)c(O)c1. The molecule has 3 heteroatoms. The molecule has 0 bridgehead atoms. The third kappa shape index (κ3) is 3.77. The minimum atomic E-state index is -0.0817. The Morgan fingerprint density at radius 3 is 2.22 bits per heavy atom. The van der Waals surface area contributed by atoms with Gasteiger partial charge in [0.25, 0.3) is 0 Å². The quantitative estimate of drug-likeness (QED) is 0.841. The Labute approximate surface area is 117 Å². The highest BCUT2D eigenvalue weighted by Crippen LogP contribution is 2.36. The predicted molar refractivity (Wildman–Crippen MR) is 79.5 cm³/mol. The molecule has 0 aliphatic heterocycles. The van der Waals surface area contributed by atoms with Gasteiger partial charge < -0.3 is 10.2 Å². The van der Waals surface area contributed by atoms with E-state index in [4.69, 9.17) is 0 Å². The molecule has 1 aromatic carbocycles. The lowest BCUT2D eigenvalue weighted by Gasteiger charge is -2.25. The number of hydrogen-bond donors (Lipinski definition) is 2. The van der Waals surface area contributed by atoms with Crippen molar-refractivity contribution >= 4 is 15.9 Å². The number of benzene rings is 1. The topological polar surface area (TPSA) is 40.5 Å². The maximum absolute atomic E-state index is 9.78. The van der Waals surface area contributed by atoms with Crippen LogP contribution in [0.4, 0.5) is 0 Å². The molecule has 18 heavy (non-hydrogen) atoms. The maximum Gasteiger partial charge on any atom is 0.122 e. The van der Waals surface area contributed by atoms with Crippen LogP contribution in [-0.2, 0) is 5.41 Å². The first-order valence-electron chi connectivity index (χ1n) is 6.09. The molecule has 0 saturated carbocycles. The molecule has 0 amide bonds. The molecule has 0 aliphatic carbocycles. The number of allylic oxidation sites excluding steroid dienone is 2. The zero-order valence-corrected chi connectivity index (χ0v) is 13.0. The summed E-state index contributed by atoms with van der Waals surface area (Å²) in [6.07, 6.45) is 4.05. The van der Waals surface area contributed by atoms with E-state index >= 15 is 0 Å². The van der Waals surface area contributed by atoms with Gasteiger partial charge in [0.2, 0.25) is 0 Å². The molecular formula is C15H21BrO2. The highest BCUT2D eigenvalue weighted by atomic mass is 79.9. The van der Waals surface area contributed by atoms with Gasteiger partial charge in [0, 0.05) is 5.56 Å². The number of aromatic hydroxyl groups is 2. The third-order valence-electron chi connectivity index (χ3n) is 3.33. The summed E-state index contributed by atoms with van der Waals surface area (Å²) in [4.78, 5) is 0. The predicted octanol–water partition coefficient (Wildman–Crippen LogP) is 4.76. The molecule has 0 unspecified atom stereocenters. The molecule has 0 radical (unpaired) electrons. The molecule has 0 saturated heterocycles. The summed E-state index contributed by atoms with van der Waals surface area (Å²) in [5.74, 6) is 0.315. The second-order valence-electron chi connectivity index (χ2n) is 5.35. The largest absolute Gasteiger partial charge is 0.508 e. The lowest BCUT2D eigenvalue weighted by atomic mass is 9.80. The molecule has 2 nitrogen and oxygen atoms in total. The first-order chi connectivity index (χ1) is 8.24. The number of rotatable bonds is 4. The molecule has 0 atom stereocenters. The van der Waals surface area contributed by atoms with Crippen LogP contribution in [0.25, 0.3) is 0 Å². The van der Waals surface area contributed by atoms with E-state index in [1.165, 1.54) is 0 Å². The minimum absolute atomic E-state index is 0.0817. The van der Waals surface area contributed by atoms with Crippen molar-refractivity contribution in [1.82, 2.24) is 0 Å². The minimum Gasteiger partial charge on any atom is -0.508 e. The fourth-order valence-corrected chi connectivity index (χ4v) is 2.08. The summed E-state index contributed by atoms with van der Waals surface area (Å²) >= 11 is 3.41. The monoisotopic (exact) mass is 312 g/mol. The van der Waals surface area contributed by atoms with Gasteiger partial charge in [0.15, 0.2) is 0 Å². The van der Waals surface area contributed by atoms with E-state index in [2.05, 4.69) is 35.9 Å². The maximum atomic E-state index is 9.78. The first kappa shape index (κ1) is 15.1. The van der Waals surface area contributed by atoms with E-state index in [1.54, 1.807) is 19.1 Å². The van der Waals surface area contributed by atoms with Crippen LogP contribution >= 0.6 is 15.9 Å². The van der Waals surface area contributed by atoms with Gasteiger partial charge >= 0.3 is 0 Å². The molecule has 2 N–H and O–H groups in total. The summed E-state index contributed by atoms with van der Waals surface area (Å²) in [5.41, 5.74) is 1.41. The van der Waals surface area contributed by atoms with Crippen LogP contribution in [0, 0.1) is 6.92 Å². The number of hydrogen-bond acceptors (Lipinski definition) is 2. The van der Waals surface area contributed by atoms with Gasteiger partial charge in [-0.25, -0.2) is 0 Å². The average Bonchev–Trinajstić information content (AvgIpc) is 2.24. The van der Waals surface area contributed by atoms with E-state index in [0.29, 0.717) is 5.56 Å². The molecule has 0 aromatic heterocycles. The summed E-state index contributed by atoms with van der Waals surface area (Å²) in [6, 6.07) is 3.50. The van der Waals surface area contributed by atoms with Crippen molar-refractivity contribution in [2.45, 2.75) is 46.0 Å². The highest BCUT2D eigenvalue weighted by molar-refractivity contribution is 9.11. The van der Waals surface area contributed by atoms with Crippen LogP contribution in [0.1, 0.15) is 44.7 Å². The molecular weight excluding hydrogens is 292 g/mol. The smallest absolute Gasteiger partial charge is 0.122 e. The van der Waals surface area contributed by atoms with Crippen molar-refractivity contribution < 1.29 is 10.2 Å². The van der Waals surface area contributed by atoms with Crippen molar-refractivity contribution in [2.75, 3.05) is 0 Å². The normalized spacial score (nSPS) is 12.8. The van der Waals surface area contributed by atoms with Gasteiger partial charge in [0.1, 0.15) is 11.5 Å². The second-order valence-corrected chi connectivity index (χ2v) is 6.60. The summed E-state index contributed by atoms with van der Waals surface area (Å²) in [5, 5.41) is 19.6. The Morgan fingerprint density at radius 2 is 1.78 bits per heavy atom. The van der Waals surface area contributed by atoms with Crippen molar-refractivity contribution in [3.63, 3.8) is 0 Å². The molecule has 100 valence electrons. The molecule has 1 aromatic rings. The highest BCUT2D eigenvalue weighted by Gasteiger charge is 2.22. The fraction of sp³-hybridized carbons (Fsp3) is 0.467. The Balaban J connectivity index is 2.94. The first-order valence-corrected chi connectivity index (χ1v) is 6.88. The van der Waals surface area contributed by atoms with E-state index in [-0.39, 0.29) is 16.9 Å². The van der Waals surface area contributed by atoms with Crippen LogP contribution in [-0.4, -0.2) is 10.2 Å². The second kappa shape index (κ2) is 5.79. The van der Waals surface area contributed by atoms with Gasteiger partial charge in [0.05, 0.1) is 0 Å². The molecule has 0 fully saturated rings. The van der Waals surface area contributed by atoms with E-state index in [1.807, 2.05) is 6.92 Å². The van der Waals surface area contributed by atoms with Crippen LogP contribution in [0.2, 0.25) is 0 Å². The Bertz CT molecular complexity index is 435. The van der Waals surface area contributed by atoms with Gasteiger partial charge in [-0.2, -0.15) is 0 Å². The van der Waals surface area contributed by atoms with Crippen molar-refractivity contribution in [3.05, 3.63) is 33.8 Å². The number of phenolic OH excluding ortho intramolecular Hbond substituents is 2. The Kier molecular flexibility index (Phi) is 4.85. The Morgan fingerprint density at radius 1 is 1.28 bits per heavy atom. The van der Waals surface area contributed by atoms with Gasteiger partial charge in [-0.05, 0) is 54.3 Å². The standard InChI is InChI=1S/C15H21BrO2/c1-10(16)6-5-7-15(3,4)12-8-13(17)11(2)14(18)9-12/h6,8-9,17-18H,5,7H2,1-4H3/b10-6+. The van der Waals surface area contributed by atoms with Crippen molar-refractivity contribution in [3.8, 4) is 11.5 Å². The zero-order valence-electron chi connectivity index (χ0n) is 11.4. The fourth-order valence-electron chi connectivity index (χ4n) is 1.85. The lowest BCUT2D eigenvalue weighted by molar-refractivity contribution is 0.429. The van der Waals surface area contributed by atoms with Crippen LogP contribution < -0.4 is 0 Å². The summed E-state index contributed by atoms with van der Waals surface area (Å²) < 4.78 is 1.13. The van der Waals surface area contributed by atoms with E-state index in [0.717, 1.165) is 22.9 Å².